The molecule has 0 saturated carbocycles. The Labute approximate surface area is 211 Å². The molecule has 0 aliphatic carbocycles. The zero-order chi connectivity index (χ0) is 24.2. The maximum Gasteiger partial charge on any atom is -0.00963 e. The molecule has 7 aromatic rings. The van der Waals surface area contributed by atoms with Gasteiger partial charge in [0.05, 0.1) is 0 Å². The fourth-order valence-electron chi connectivity index (χ4n) is 5.69. The first kappa shape index (κ1) is 20.9. The van der Waals surface area contributed by atoms with E-state index in [1.54, 1.807) is 0 Å². The molecule has 0 saturated heterocycles. The third-order valence-corrected chi connectivity index (χ3v) is 7.62. The molecule has 0 bridgehead atoms. The average Bonchev–Trinajstić information content (AvgIpc) is 2.89. The molecule has 7 rings (SSSR count). The molecule has 0 aliphatic rings. The van der Waals surface area contributed by atoms with Gasteiger partial charge in [-0.15, -0.1) is 0 Å². The smallest absolute Gasteiger partial charge is 0.00963 e. The number of benzene rings is 7. The van der Waals surface area contributed by atoms with E-state index in [4.69, 9.17) is 0 Å². The summed E-state index contributed by atoms with van der Waals surface area (Å²) in [6, 6.07) is 44.9. The van der Waals surface area contributed by atoms with Crippen molar-refractivity contribution in [2.24, 2.45) is 0 Å². The Morgan fingerprint density at radius 2 is 0.583 bits per heavy atom. The van der Waals surface area contributed by atoms with Crippen molar-refractivity contribution in [3.05, 3.63) is 132 Å². The minimum absolute atomic E-state index is 1.28. The van der Waals surface area contributed by atoms with Crippen LogP contribution in [0.4, 0.5) is 0 Å². The van der Waals surface area contributed by atoms with E-state index < -0.39 is 0 Å². The number of aryl methyl sites for hydroxylation is 2. The third kappa shape index (κ3) is 3.38. The maximum atomic E-state index is 2.39. The highest BCUT2D eigenvalue weighted by Crippen LogP contribution is 2.40. The fourth-order valence-corrected chi connectivity index (χ4v) is 5.69. The third-order valence-electron chi connectivity index (χ3n) is 7.62. The number of hydrogen-bond donors (Lipinski definition) is 0. The molecule has 0 unspecified atom stereocenters. The minimum Gasteiger partial charge on any atom is -0.0620 e. The van der Waals surface area contributed by atoms with Gasteiger partial charge in [0.15, 0.2) is 0 Å². The van der Waals surface area contributed by atoms with Gasteiger partial charge in [0.25, 0.3) is 0 Å². The quantitative estimate of drug-likeness (QED) is 0.226. The van der Waals surface area contributed by atoms with Crippen LogP contribution in [0.25, 0.3) is 65.3 Å². The van der Waals surface area contributed by atoms with Crippen LogP contribution in [0.5, 0.6) is 0 Å². The van der Waals surface area contributed by atoms with E-state index in [1.807, 2.05) is 0 Å². The predicted molar refractivity (Wildman–Crippen MR) is 157 cm³/mol. The fraction of sp³-hybridized carbons (Fsp3) is 0.0556. The molecule has 36 heavy (non-hydrogen) atoms. The van der Waals surface area contributed by atoms with Crippen molar-refractivity contribution in [1.82, 2.24) is 0 Å². The summed E-state index contributed by atoms with van der Waals surface area (Å²) in [5.74, 6) is 0. The zero-order valence-corrected chi connectivity index (χ0v) is 20.5. The second kappa shape index (κ2) is 8.07. The van der Waals surface area contributed by atoms with E-state index in [1.165, 1.54) is 76.5 Å². The summed E-state index contributed by atoms with van der Waals surface area (Å²) in [4.78, 5) is 0. The minimum atomic E-state index is 1.28. The van der Waals surface area contributed by atoms with Gasteiger partial charge in [-0.05, 0) is 139 Å². The van der Waals surface area contributed by atoms with Crippen LogP contribution in [0.1, 0.15) is 11.1 Å². The van der Waals surface area contributed by atoms with Crippen molar-refractivity contribution >= 4 is 43.1 Å². The van der Waals surface area contributed by atoms with Gasteiger partial charge in [-0.3, -0.25) is 0 Å². The Morgan fingerprint density at radius 1 is 0.278 bits per heavy atom. The highest BCUT2D eigenvalue weighted by molar-refractivity contribution is 6.09. The average molecular weight is 459 g/mol. The largest absolute Gasteiger partial charge is 0.0620 e. The Bertz CT molecular complexity index is 1810. The molecule has 0 aliphatic heterocycles. The van der Waals surface area contributed by atoms with Gasteiger partial charge in [0.2, 0.25) is 0 Å². The predicted octanol–water partition coefficient (Wildman–Crippen LogP) is 10.3. The molecule has 7 aromatic carbocycles. The first-order chi connectivity index (χ1) is 17.6. The molecule has 0 heterocycles. The van der Waals surface area contributed by atoms with Crippen LogP contribution in [0.2, 0.25) is 0 Å². The maximum absolute atomic E-state index is 2.39. The van der Waals surface area contributed by atoms with E-state index in [0.29, 0.717) is 0 Å². The van der Waals surface area contributed by atoms with Crippen molar-refractivity contribution in [3.8, 4) is 22.3 Å². The number of rotatable bonds is 2. The second-order valence-corrected chi connectivity index (χ2v) is 9.97. The molecule has 0 spiro atoms. The lowest BCUT2D eigenvalue weighted by atomic mass is 9.87. The van der Waals surface area contributed by atoms with Crippen LogP contribution >= 0.6 is 0 Å². The van der Waals surface area contributed by atoms with Gasteiger partial charge in [0.1, 0.15) is 0 Å². The van der Waals surface area contributed by atoms with Crippen LogP contribution in [-0.4, -0.2) is 0 Å². The molecule has 0 atom stereocenters. The Hall–Kier alpha value is -4.42. The first-order valence-corrected chi connectivity index (χ1v) is 12.6. The van der Waals surface area contributed by atoms with Crippen LogP contribution in [0, 0.1) is 13.8 Å². The lowest BCUT2D eigenvalue weighted by Gasteiger charge is -2.17. The Morgan fingerprint density at radius 3 is 0.972 bits per heavy atom. The topological polar surface area (TPSA) is 0 Å². The SMILES string of the molecule is Cc1ccccc1-c1cc2cc3cc4cc5ccccc5cc4cc3cc2cc1-c1ccccc1C. The summed E-state index contributed by atoms with van der Waals surface area (Å²) in [6.45, 7) is 4.41. The van der Waals surface area contributed by atoms with Crippen molar-refractivity contribution in [3.63, 3.8) is 0 Å². The van der Waals surface area contributed by atoms with Crippen molar-refractivity contribution in [2.75, 3.05) is 0 Å². The molecule has 0 aromatic heterocycles. The summed E-state index contributed by atoms with van der Waals surface area (Å²) < 4.78 is 0. The van der Waals surface area contributed by atoms with Gasteiger partial charge >= 0.3 is 0 Å². The second-order valence-electron chi connectivity index (χ2n) is 9.97. The van der Waals surface area contributed by atoms with E-state index in [2.05, 4.69) is 135 Å². The van der Waals surface area contributed by atoms with Crippen molar-refractivity contribution < 1.29 is 0 Å². The van der Waals surface area contributed by atoms with Crippen LogP contribution in [-0.2, 0) is 0 Å². The Kier molecular flexibility index (Phi) is 4.69. The molecule has 0 fully saturated rings. The first-order valence-electron chi connectivity index (χ1n) is 12.6. The zero-order valence-electron chi connectivity index (χ0n) is 20.5. The molecule has 0 radical (unpaired) electrons. The van der Waals surface area contributed by atoms with Gasteiger partial charge < -0.3 is 0 Å². The molecule has 0 amide bonds. The summed E-state index contributed by atoms with van der Waals surface area (Å²) in [7, 11) is 0. The van der Waals surface area contributed by atoms with Crippen molar-refractivity contribution in [1.29, 1.82) is 0 Å². The summed E-state index contributed by atoms with van der Waals surface area (Å²) in [5, 5.41) is 10.3. The van der Waals surface area contributed by atoms with Crippen LogP contribution < -0.4 is 0 Å². The molecule has 0 nitrogen and oxygen atoms in total. The summed E-state index contributed by atoms with van der Waals surface area (Å²) >= 11 is 0. The Balaban J connectivity index is 1.54. The molecule has 170 valence electrons. The van der Waals surface area contributed by atoms with Gasteiger partial charge in [-0.2, -0.15) is 0 Å². The lowest BCUT2D eigenvalue weighted by Crippen LogP contribution is -1.91. The summed E-state index contributed by atoms with van der Waals surface area (Å²) in [6.07, 6.45) is 0. The van der Waals surface area contributed by atoms with Crippen LogP contribution in [0.3, 0.4) is 0 Å². The molecular weight excluding hydrogens is 432 g/mol. The van der Waals surface area contributed by atoms with Gasteiger partial charge in [-0.1, -0.05) is 72.8 Å². The highest BCUT2D eigenvalue weighted by Gasteiger charge is 2.14. The molecular formula is C36H26. The molecule has 0 heteroatoms. The summed E-state index contributed by atoms with van der Waals surface area (Å²) in [5.41, 5.74) is 7.77. The van der Waals surface area contributed by atoms with E-state index in [9.17, 15) is 0 Å². The number of fused-ring (bicyclic) bond motifs is 4. The van der Waals surface area contributed by atoms with Gasteiger partial charge in [-0.25, -0.2) is 0 Å². The van der Waals surface area contributed by atoms with Crippen molar-refractivity contribution in [2.45, 2.75) is 13.8 Å². The lowest BCUT2D eigenvalue weighted by molar-refractivity contribution is 1.44. The normalized spacial score (nSPS) is 11.6. The monoisotopic (exact) mass is 458 g/mol. The molecule has 0 N–H and O–H groups in total. The van der Waals surface area contributed by atoms with Gasteiger partial charge in [0, 0.05) is 0 Å². The van der Waals surface area contributed by atoms with E-state index in [-0.39, 0.29) is 0 Å². The van der Waals surface area contributed by atoms with E-state index >= 15 is 0 Å². The highest BCUT2D eigenvalue weighted by atomic mass is 14.2. The van der Waals surface area contributed by atoms with E-state index in [0.717, 1.165) is 0 Å². The number of hydrogen-bond acceptors (Lipinski definition) is 0. The van der Waals surface area contributed by atoms with Crippen LogP contribution in [0.15, 0.2) is 121 Å². The standard InChI is InChI=1S/C36H26/c1-23-9-3-7-13-33(23)35-21-31-19-29-17-27-15-25-11-5-6-12-26(25)16-28(27)18-30(29)20-32(31)22-36(35)34-14-8-4-10-24(34)2/h3-22H,1-2H3.